The zero-order chi connectivity index (χ0) is 34.1. The van der Waals surface area contributed by atoms with Gasteiger partial charge in [-0.05, 0) is 55.0 Å². The summed E-state index contributed by atoms with van der Waals surface area (Å²) < 4.78 is 16.8. The highest BCUT2D eigenvalue weighted by Crippen LogP contribution is 2.18. The Morgan fingerprint density at radius 1 is 0.896 bits per heavy atom. The number of cyclic esters (lactones) is 1. The Hall–Kier alpha value is -5.16. The fraction of sp³-hybridized carbons (Fsp3) is 0.351. The van der Waals surface area contributed by atoms with Gasteiger partial charge in [-0.25, -0.2) is 9.59 Å². The first kappa shape index (κ1) is 35.7. The van der Waals surface area contributed by atoms with Crippen LogP contribution in [0.5, 0.6) is 5.75 Å². The SMILES string of the molecule is C[C@@H](CO)NC(=O)C[C@H]1CC=CC[C@@H](NC(=O)OCc2ccccc2)C(=O)OC[C@H](Cc2ccc(OCc3ccccc3)cc2)NC1=O. The molecule has 1 heterocycles. The lowest BCUT2D eigenvalue weighted by molar-refractivity contribution is -0.147. The van der Waals surface area contributed by atoms with Crippen LogP contribution in [0.25, 0.3) is 0 Å². The van der Waals surface area contributed by atoms with E-state index < -0.39 is 36.1 Å². The fourth-order valence-electron chi connectivity index (χ4n) is 5.00. The summed E-state index contributed by atoms with van der Waals surface area (Å²) in [5.74, 6) is -1.45. The van der Waals surface area contributed by atoms with Crippen LogP contribution in [-0.2, 0) is 43.5 Å². The topological polar surface area (TPSA) is 152 Å². The first-order valence-electron chi connectivity index (χ1n) is 16.0. The van der Waals surface area contributed by atoms with E-state index in [-0.39, 0.29) is 50.9 Å². The molecule has 3 aromatic rings. The van der Waals surface area contributed by atoms with Crippen molar-refractivity contribution in [3.63, 3.8) is 0 Å². The number of ether oxygens (including phenoxy) is 3. The van der Waals surface area contributed by atoms with Gasteiger partial charge in [0.1, 0.15) is 31.6 Å². The van der Waals surface area contributed by atoms with E-state index in [1.54, 1.807) is 19.1 Å². The fourth-order valence-corrected chi connectivity index (χ4v) is 5.00. The zero-order valence-electron chi connectivity index (χ0n) is 27.0. The van der Waals surface area contributed by atoms with Crippen LogP contribution < -0.4 is 20.7 Å². The third-order valence-corrected chi connectivity index (χ3v) is 7.66. The molecule has 11 heteroatoms. The van der Waals surface area contributed by atoms with E-state index in [2.05, 4.69) is 16.0 Å². The normalized spacial score (nSPS) is 19.0. The summed E-state index contributed by atoms with van der Waals surface area (Å²) in [5, 5.41) is 17.6. The van der Waals surface area contributed by atoms with Gasteiger partial charge in [0.15, 0.2) is 0 Å². The van der Waals surface area contributed by atoms with E-state index in [9.17, 15) is 24.3 Å². The highest BCUT2D eigenvalue weighted by molar-refractivity contribution is 5.86. The van der Waals surface area contributed by atoms with Crippen molar-refractivity contribution in [2.75, 3.05) is 13.2 Å². The molecule has 1 aliphatic rings. The van der Waals surface area contributed by atoms with Crippen molar-refractivity contribution in [1.29, 1.82) is 0 Å². The smallest absolute Gasteiger partial charge is 0.408 e. The quantitative estimate of drug-likeness (QED) is 0.169. The van der Waals surface area contributed by atoms with Crippen molar-refractivity contribution in [2.45, 2.75) is 63.9 Å². The molecule has 0 fully saturated rings. The lowest BCUT2D eigenvalue weighted by Crippen LogP contribution is -2.47. The monoisotopic (exact) mass is 657 g/mol. The first-order chi connectivity index (χ1) is 23.3. The van der Waals surface area contributed by atoms with Crippen LogP contribution in [0.15, 0.2) is 97.1 Å². The number of alkyl carbamates (subject to hydrolysis) is 1. The number of allylic oxidation sites excluding steroid dienone is 1. The van der Waals surface area contributed by atoms with Crippen LogP contribution in [0.1, 0.15) is 42.9 Å². The molecule has 0 saturated carbocycles. The van der Waals surface area contributed by atoms with Gasteiger partial charge in [-0.3, -0.25) is 9.59 Å². The molecule has 11 nitrogen and oxygen atoms in total. The second kappa shape index (κ2) is 18.9. The Morgan fingerprint density at radius 2 is 1.54 bits per heavy atom. The van der Waals surface area contributed by atoms with Gasteiger partial charge in [0.25, 0.3) is 0 Å². The number of carbonyl (C=O) groups excluding carboxylic acids is 4. The molecule has 4 N–H and O–H groups in total. The predicted octanol–water partition coefficient (Wildman–Crippen LogP) is 3.98. The van der Waals surface area contributed by atoms with Crippen molar-refractivity contribution in [3.05, 3.63) is 114 Å². The number of carbonyl (C=O) groups is 4. The van der Waals surface area contributed by atoms with E-state index in [1.807, 2.05) is 84.9 Å². The van der Waals surface area contributed by atoms with E-state index >= 15 is 0 Å². The molecule has 0 bridgehead atoms. The lowest BCUT2D eigenvalue weighted by atomic mass is 9.97. The summed E-state index contributed by atoms with van der Waals surface area (Å²) >= 11 is 0. The predicted molar refractivity (Wildman–Crippen MR) is 179 cm³/mol. The molecule has 3 amide bonds. The van der Waals surface area contributed by atoms with Gasteiger partial charge in [0, 0.05) is 12.5 Å². The van der Waals surface area contributed by atoms with Gasteiger partial charge in [-0.15, -0.1) is 0 Å². The van der Waals surface area contributed by atoms with Crippen LogP contribution in [0.3, 0.4) is 0 Å². The largest absolute Gasteiger partial charge is 0.489 e. The van der Waals surface area contributed by atoms with Gasteiger partial charge in [0.2, 0.25) is 11.8 Å². The lowest BCUT2D eigenvalue weighted by Gasteiger charge is -2.25. The minimum Gasteiger partial charge on any atom is -0.489 e. The molecule has 0 aliphatic carbocycles. The third-order valence-electron chi connectivity index (χ3n) is 7.66. The molecule has 0 radical (unpaired) electrons. The molecular weight excluding hydrogens is 614 g/mol. The number of hydrogen-bond acceptors (Lipinski definition) is 8. The minimum absolute atomic E-state index is 0.0348. The summed E-state index contributed by atoms with van der Waals surface area (Å²) in [7, 11) is 0. The second-order valence-corrected chi connectivity index (χ2v) is 11.7. The summed E-state index contributed by atoms with van der Waals surface area (Å²) in [4.78, 5) is 51.9. The average Bonchev–Trinajstić information content (AvgIpc) is 3.10. The van der Waals surface area contributed by atoms with Crippen molar-refractivity contribution in [2.24, 2.45) is 5.92 Å². The van der Waals surface area contributed by atoms with Gasteiger partial charge < -0.3 is 35.3 Å². The summed E-state index contributed by atoms with van der Waals surface area (Å²) in [5.41, 5.74) is 2.70. The Bertz CT molecular complexity index is 1500. The maximum atomic E-state index is 13.5. The maximum absolute atomic E-state index is 13.5. The second-order valence-electron chi connectivity index (χ2n) is 11.7. The van der Waals surface area contributed by atoms with Gasteiger partial charge in [-0.2, -0.15) is 0 Å². The van der Waals surface area contributed by atoms with Crippen molar-refractivity contribution < 1.29 is 38.5 Å². The number of esters is 1. The molecule has 0 aromatic heterocycles. The highest BCUT2D eigenvalue weighted by Gasteiger charge is 2.28. The molecule has 0 spiro atoms. The minimum atomic E-state index is -1.03. The van der Waals surface area contributed by atoms with E-state index in [4.69, 9.17) is 14.2 Å². The van der Waals surface area contributed by atoms with E-state index in [0.717, 1.165) is 16.7 Å². The van der Waals surface area contributed by atoms with Crippen LogP contribution in [-0.4, -0.2) is 60.3 Å². The molecule has 1 aliphatic heterocycles. The first-order valence-corrected chi connectivity index (χ1v) is 16.0. The van der Waals surface area contributed by atoms with Gasteiger partial charge in [0.05, 0.1) is 18.6 Å². The Kier molecular flexibility index (Phi) is 14.0. The van der Waals surface area contributed by atoms with Crippen molar-refractivity contribution in [1.82, 2.24) is 16.0 Å². The third kappa shape index (κ3) is 12.2. The Morgan fingerprint density at radius 3 is 2.21 bits per heavy atom. The number of nitrogens with one attached hydrogen (secondary N) is 3. The van der Waals surface area contributed by atoms with Crippen molar-refractivity contribution >= 4 is 23.9 Å². The molecule has 0 saturated heterocycles. The van der Waals surface area contributed by atoms with Gasteiger partial charge >= 0.3 is 12.1 Å². The van der Waals surface area contributed by atoms with Crippen LogP contribution in [0.4, 0.5) is 4.79 Å². The summed E-state index contributed by atoms with van der Waals surface area (Å²) in [6, 6.07) is 24.3. The number of rotatable bonds is 12. The molecule has 0 unspecified atom stereocenters. The van der Waals surface area contributed by atoms with Crippen LogP contribution in [0.2, 0.25) is 0 Å². The molecule has 254 valence electrons. The molecule has 4 atom stereocenters. The number of benzene rings is 3. The highest BCUT2D eigenvalue weighted by atomic mass is 16.6. The molecular formula is C37H43N3O8. The maximum Gasteiger partial charge on any atom is 0.408 e. The average molecular weight is 658 g/mol. The number of aliphatic hydroxyl groups is 1. The molecule has 3 aromatic carbocycles. The standard InChI is InChI=1S/C37H43N3O8/c1-26(22-41)38-34(42)21-30-14-8-9-15-33(40-37(45)48-24-29-12-6-3-7-13-29)36(44)47-25-31(39-35(30)43)20-27-16-18-32(19-17-27)46-23-28-10-4-2-5-11-28/h2-13,16-19,26,30-31,33,41H,14-15,20-25H2,1H3,(H,38,42)(H,39,43)(H,40,45)/t26-,30+,31-,33+/m0/s1. The summed E-state index contributed by atoms with van der Waals surface area (Å²) in [6.45, 7) is 1.73. The van der Waals surface area contributed by atoms with Gasteiger partial charge in [-0.1, -0.05) is 84.9 Å². The number of hydrogen-bond donors (Lipinski definition) is 4. The number of aliphatic hydroxyl groups excluding tert-OH is 1. The van der Waals surface area contributed by atoms with Crippen LogP contribution >= 0.6 is 0 Å². The number of amides is 3. The van der Waals surface area contributed by atoms with Crippen molar-refractivity contribution in [3.8, 4) is 5.75 Å². The Labute approximate surface area is 280 Å². The molecule has 48 heavy (non-hydrogen) atoms. The van der Waals surface area contributed by atoms with E-state index in [1.165, 1.54) is 0 Å². The van der Waals surface area contributed by atoms with Crippen LogP contribution in [0, 0.1) is 5.92 Å². The zero-order valence-corrected chi connectivity index (χ0v) is 27.0. The Balaban J connectivity index is 1.45. The summed E-state index contributed by atoms with van der Waals surface area (Å²) in [6.07, 6.45) is 3.13. The molecule has 4 rings (SSSR count). The van der Waals surface area contributed by atoms with E-state index in [0.29, 0.717) is 18.8 Å².